The number of hydrogen-bond donors (Lipinski definition) is 2. The van der Waals surface area contributed by atoms with Gasteiger partial charge in [-0.3, -0.25) is 0 Å². The number of rotatable bonds is 6. The van der Waals surface area contributed by atoms with Gasteiger partial charge in [-0.15, -0.1) is 15.3 Å². The molecule has 2 N–H and O–H groups in total. The van der Waals surface area contributed by atoms with Crippen molar-refractivity contribution in [2.75, 3.05) is 12.4 Å². The molecule has 2 heterocycles. The molecule has 4 aromatic rings. The third kappa shape index (κ3) is 3.73. The van der Waals surface area contributed by atoms with Crippen LogP contribution >= 0.6 is 0 Å². The number of anilines is 2. The first kappa shape index (κ1) is 17.0. The quantitative estimate of drug-likeness (QED) is 0.549. The molecule has 2 aromatic heterocycles. The number of nitrogens with zero attached hydrogens (tertiary/aromatic N) is 4. The fraction of sp³-hybridized carbons (Fsp3) is 0.150. The van der Waals surface area contributed by atoms with Gasteiger partial charge in [0.2, 0.25) is 0 Å². The second-order valence-electron chi connectivity index (χ2n) is 6.11. The minimum absolute atomic E-state index is 0.000562. The standard InChI is InChI=1S/C20H19N5O2/c1-27-17-7-5-14(6-8-17)12-20-23-22-19-10-9-18(24-25(19)20)21-16-4-2-3-15(11-16)13-26/h2-11,26H,12-13H2,1H3,(H,21,24). The topological polar surface area (TPSA) is 84.6 Å². The van der Waals surface area contributed by atoms with Gasteiger partial charge < -0.3 is 15.2 Å². The number of aliphatic hydroxyl groups is 1. The summed E-state index contributed by atoms with van der Waals surface area (Å²) in [6, 6.07) is 19.1. The number of benzene rings is 2. The lowest BCUT2D eigenvalue weighted by molar-refractivity contribution is 0.282. The van der Waals surface area contributed by atoms with Crippen molar-refractivity contribution in [3.05, 3.63) is 77.6 Å². The number of aliphatic hydroxyl groups excluding tert-OH is 1. The molecular formula is C20H19N5O2. The van der Waals surface area contributed by atoms with Crippen LogP contribution in [0.5, 0.6) is 5.75 Å². The maximum Gasteiger partial charge on any atom is 0.178 e. The van der Waals surface area contributed by atoms with E-state index in [1.165, 1.54) is 0 Å². The Balaban J connectivity index is 1.60. The fourth-order valence-electron chi connectivity index (χ4n) is 2.83. The maximum atomic E-state index is 9.28. The van der Waals surface area contributed by atoms with E-state index in [0.717, 1.165) is 28.4 Å². The molecule has 0 aliphatic carbocycles. The zero-order valence-corrected chi connectivity index (χ0v) is 14.8. The van der Waals surface area contributed by atoms with E-state index in [4.69, 9.17) is 4.74 Å². The van der Waals surface area contributed by atoms with Crippen molar-refractivity contribution in [1.29, 1.82) is 0 Å². The van der Waals surface area contributed by atoms with Gasteiger partial charge in [-0.2, -0.15) is 4.52 Å². The number of nitrogens with one attached hydrogen (secondary N) is 1. The van der Waals surface area contributed by atoms with E-state index >= 15 is 0 Å². The van der Waals surface area contributed by atoms with Gasteiger partial charge in [-0.05, 0) is 47.5 Å². The van der Waals surface area contributed by atoms with Crippen LogP contribution in [-0.4, -0.2) is 32.0 Å². The van der Waals surface area contributed by atoms with Crippen molar-refractivity contribution in [3.8, 4) is 5.75 Å². The van der Waals surface area contributed by atoms with Crippen LogP contribution in [0.15, 0.2) is 60.7 Å². The first-order valence-electron chi connectivity index (χ1n) is 8.56. The van der Waals surface area contributed by atoms with Gasteiger partial charge in [0, 0.05) is 12.1 Å². The molecule has 7 heteroatoms. The van der Waals surface area contributed by atoms with Crippen LogP contribution in [0.2, 0.25) is 0 Å². The molecule has 0 unspecified atom stereocenters. The smallest absolute Gasteiger partial charge is 0.178 e. The SMILES string of the molecule is COc1ccc(Cc2nnc3ccc(Nc4cccc(CO)c4)nn23)cc1. The number of fused-ring (bicyclic) bond motifs is 1. The zero-order valence-electron chi connectivity index (χ0n) is 14.8. The summed E-state index contributed by atoms with van der Waals surface area (Å²) in [6.45, 7) is -0.000562. The van der Waals surface area contributed by atoms with Crippen molar-refractivity contribution in [3.63, 3.8) is 0 Å². The van der Waals surface area contributed by atoms with E-state index < -0.39 is 0 Å². The highest BCUT2D eigenvalue weighted by atomic mass is 16.5. The fourth-order valence-corrected chi connectivity index (χ4v) is 2.83. The van der Waals surface area contributed by atoms with Crippen LogP contribution in [-0.2, 0) is 13.0 Å². The Hall–Kier alpha value is -3.45. The lowest BCUT2D eigenvalue weighted by Crippen LogP contribution is -2.03. The summed E-state index contributed by atoms with van der Waals surface area (Å²) in [6.07, 6.45) is 0.613. The van der Waals surface area contributed by atoms with E-state index in [2.05, 4.69) is 20.6 Å². The predicted octanol–water partition coefficient (Wildman–Crippen LogP) is 2.96. The molecule has 0 aliphatic heterocycles. The predicted molar refractivity (Wildman–Crippen MR) is 102 cm³/mol. The number of hydrogen-bond acceptors (Lipinski definition) is 6. The number of methoxy groups -OCH3 is 1. The highest BCUT2D eigenvalue weighted by molar-refractivity contribution is 5.58. The molecule has 0 atom stereocenters. The van der Waals surface area contributed by atoms with Crippen molar-refractivity contribution in [2.45, 2.75) is 13.0 Å². The summed E-state index contributed by atoms with van der Waals surface area (Å²) in [5, 5.41) is 25.6. The van der Waals surface area contributed by atoms with Gasteiger partial charge in [0.05, 0.1) is 13.7 Å². The normalized spacial score (nSPS) is 10.9. The second-order valence-corrected chi connectivity index (χ2v) is 6.11. The third-order valence-corrected chi connectivity index (χ3v) is 4.23. The van der Waals surface area contributed by atoms with Crippen LogP contribution in [0.3, 0.4) is 0 Å². The van der Waals surface area contributed by atoms with Crippen LogP contribution in [0.25, 0.3) is 5.65 Å². The zero-order chi connectivity index (χ0) is 18.6. The molecule has 0 spiro atoms. The minimum Gasteiger partial charge on any atom is -0.497 e. The largest absolute Gasteiger partial charge is 0.497 e. The average molecular weight is 361 g/mol. The molecule has 27 heavy (non-hydrogen) atoms. The summed E-state index contributed by atoms with van der Waals surface area (Å²) in [4.78, 5) is 0. The summed E-state index contributed by atoms with van der Waals surface area (Å²) in [7, 11) is 1.65. The van der Waals surface area contributed by atoms with Crippen LogP contribution in [0.1, 0.15) is 17.0 Å². The third-order valence-electron chi connectivity index (χ3n) is 4.23. The van der Waals surface area contributed by atoms with E-state index in [1.54, 1.807) is 11.6 Å². The highest BCUT2D eigenvalue weighted by Crippen LogP contribution is 2.18. The Morgan fingerprint density at radius 1 is 1.00 bits per heavy atom. The number of aromatic nitrogens is 4. The Morgan fingerprint density at radius 3 is 2.63 bits per heavy atom. The molecule has 2 aromatic carbocycles. The Bertz CT molecular complexity index is 1060. The molecule has 4 rings (SSSR count). The van der Waals surface area contributed by atoms with Crippen LogP contribution in [0.4, 0.5) is 11.5 Å². The Kier molecular flexibility index (Phi) is 4.67. The van der Waals surface area contributed by atoms with E-state index in [9.17, 15) is 5.11 Å². The van der Waals surface area contributed by atoms with Gasteiger partial charge >= 0.3 is 0 Å². The molecule has 0 bridgehead atoms. The lowest BCUT2D eigenvalue weighted by Gasteiger charge is -2.08. The van der Waals surface area contributed by atoms with E-state index in [-0.39, 0.29) is 6.61 Å². The van der Waals surface area contributed by atoms with Crippen LogP contribution < -0.4 is 10.1 Å². The van der Waals surface area contributed by atoms with Crippen molar-refractivity contribution in [1.82, 2.24) is 19.8 Å². The molecule has 0 saturated heterocycles. The van der Waals surface area contributed by atoms with E-state index in [1.807, 2.05) is 60.7 Å². The van der Waals surface area contributed by atoms with E-state index in [0.29, 0.717) is 17.9 Å². The molecule has 0 radical (unpaired) electrons. The van der Waals surface area contributed by atoms with Crippen LogP contribution in [0, 0.1) is 0 Å². The first-order chi connectivity index (χ1) is 13.2. The van der Waals surface area contributed by atoms with Gasteiger partial charge in [0.1, 0.15) is 5.75 Å². The summed E-state index contributed by atoms with van der Waals surface area (Å²) < 4.78 is 6.93. The number of ether oxygens (including phenoxy) is 1. The van der Waals surface area contributed by atoms with Crippen molar-refractivity contribution in [2.24, 2.45) is 0 Å². The summed E-state index contributed by atoms with van der Waals surface area (Å²) in [5.41, 5.74) is 3.48. The second kappa shape index (κ2) is 7.43. The summed E-state index contributed by atoms with van der Waals surface area (Å²) in [5.74, 6) is 2.25. The lowest BCUT2D eigenvalue weighted by atomic mass is 10.1. The van der Waals surface area contributed by atoms with Gasteiger partial charge in [0.15, 0.2) is 17.3 Å². The van der Waals surface area contributed by atoms with Gasteiger partial charge in [0.25, 0.3) is 0 Å². The molecule has 0 amide bonds. The molecular weight excluding hydrogens is 342 g/mol. The monoisotopic (exact) mass is 361 g/mol. The molecule has 0 fully saturated rings. The molecule has 0 aliphatic rings. The Labute approximate surface area is 156 Å². The van der Waals surface area contributed by atoms with Gasteiger partial charge in [-0.25, -0.2) is 0 Å². The molecule has 0 saturated carbocycles. The Morgan fingerprint density at radius 2 is 1.85 bits per heavy atom. The maximum absolute atomic E-state index is 9.28. The van der Waals surface area contributed by atoms with Crippen molar-refractivity contribution >= 4 is 17.2 Å². The molecule has 7 nitrogen and oxygen atoms in total. The first-order valence-corrected chi connectivity index (χ1v) is 8.56. The molecule has 136 valence electrons. The minimum atomic E-state index is -0.000562. The average Bonchev–Trinajstić information content (AvgIpc) is 3.11. The summed E-state index contributed by atoms with van der Waals surface area (Å²) >= 11 is 0. The van der Waals surface area contributed by atoms with Gasteiger partial charge in [-0.1, -0.05) is 24.3 Å². The van der Waals surface area contributed by atoms with Crippen molar-refractivity contribution < 1.29 is 9.84 Å². The highest BCUT2D eigenvalue weighted by Gasteiger charge is 2.09.